The number of anilines is 1. The molecule has 0 aliphatic carbocycles. The van der Waals surface area contributed by atoms with Gasteiger partial charge in [-0.3, -0.25) is 8.97 Å². The first-order valence-corrected chi connectivity index (χ1v) is 18.2. The summed E-state index contributed by atoms with van der Waals surface area (Å²) < 4.78 is 17.2. The van der Waals surface area contributed by atoms with Crippen LogP contribution in [0.1, 0.15) is 17.0 Å². The Morgan fingerprint density at radius 1 is 0.566 bits per heavy atom. The fourth-order valence-corrected chi connectivity index (χ4v) is 6.93. The molecule has 0 bridgehead atoms. The van der Waals surface area contributed by atoms with E-state index >= 15 is 0 Å². The van der Waals surface area contributed by atoms with Gasteiger partial charge in [-0.2, -0.15) is 4.57 Å². The number of benzene rings is 6. The van der Waals surface area contributed by atoms with Crippen LogP contribution in [-0.4, -0.2) is 42.3 Å². The third-order valence-corrected chi connectivity index (χ3v) is 10.0. The van der Waals surface area contributed by atoms with Gasteiger partial charge in [-0.15, -0.1) is 0 Å². The van der Waals surface area contributed by atoms with Gasteiger partial charge < -0.3 is 14.1 Å². The maximum Gasteiger partial charge on any atom is 0.379 e. The zero-order valence-electron chi connectivity index (χ0n) is 31.5. The van der Waals surface area contributed by atoms with Crippen molar-refractivity contribution in [3.63, 3.8) is 0 Å². The first kappa shape index (κ1) is 34.2. The lowest BCUT2D eigenvalue weighted by molar-refractivity contribution is -0.669. The van der Waals surface area contributed by atoms with Crippen molar-refractivity contribution in [1.82, 2.24) is 8.97 Å². The molecule has 0 spiro atoms. The molecule has 0 saturated heterocycles. The van der Waals surface area contributed by atoms with Gasteiger partial charge in [0.05, 0.1) is 54.5 Å². The van der Waals surface area contributed by atoms with Crippen LogP contribution in [-0.2, 0) is 13.1 Å². The predicted octanol–water partition coefficient (Wildman–Crippen LogP) is 9.89. The highest BCUT2D eigenvalue weighted by Gasteiger charge is 2.31. The molecule has 0 amide bonds. The van der Waals surface area contributed by atoms with Gasteiger partial charge in [0.2, 0.25) is 11.5 Å². The molecule has 0 fully saturated rings. The highest BCUT2D eigenvalue weighted by atomic mass is 16.5. The van der Waals surface area contributed by atoms with Gasteiger partial charge >= 0.3 is 5.89 Å². The third-order valence-electron chi connectivity index (χ3n) is 10.0. The molecular weight excluding hydrogens is 653 g/mol. The molecule has 264 valence electrons. The van der Waals surface area contributed by atoms with Crippen molar-refractivity contribution in [3.8, 4) is 28.0 Å². The third kappa shape index (κ3) is 7.12. The molecule has 0 saturated carbocycles. The number of ether oxygens (including phenoxy) is 1. The van der Waals surface area contributed by atoms with Crippen LogP contribution in [0.2, 0.25) is 0 Å². The molecule has 6 nitrogen and oxygen atoms in total. The van der Waals surface area contributed by atoms with Crippen molar-refractivity contribution in [2.75, 3.05) is 47.2 Å². The summed E-state index contributed by atoms with van der Waals surface area (Å²) in [7, 11) is 13.1. The fourth-order valence-electron chi connectivity index (χ4n) is 6.93. The van der Waals surface area contributed by atoms with Crippen LogP contribution in [0.3, 0.4) is 0 Å². The average Bonchev–Trinajstić information content (AvgIpc) is 3.67. The highest BCUT2D eigenvalue weighted by Crippen LogP contribution is 2.43. The van der Waals surface area contributed by atoms with Crippen LogP contribution in [0.5, 0.6) is 5.75 Å². The summed E-state index contributed by atoms with van der Waals surface area (Å²) in [4.78, 5) is 2.27. The first-order valence-electron chi connectivity index (χ1n) is 18.2. The molecule has 1 aliphatic rings. The molecular formula is C47H47N4O2+3. The molecule has 0 atom stereocenters. The summed E-state index contributed by atoms with van der Waals surface area (Å²) in [6, 6.07) is 51.7. The van der Waals surface area contributed by atoms with Crippen molar-refractivity contribution in [2.24, 2.45) is 0 Å². The molecule has 6 heteroatoms. The number of hydrogen-bond acceptors (Lipinski definition) is 3. The van der Waals surface area contributed by atoms with Gasteiger partial charge in [-0.05, 0) is 82.4 Å². The second-order valence-electron chi connectivity index (χ2n) is 15.7. The summed E-state index contributed by atoms with van der Waals surface area (Å²) in [5.41, 5.74) is 12.4. The summed E-state index contributed by atoms with van der Waals surface area (Å²) in [6.07, 6.45) is 2.06. The summed E-state index contributed by atoms with van der Waals surface area (Å²) >= 11 is 0. The minimum absolute atomic E-state index is 0.638. The van der Waals surface area contributed by atoms with Crippen molar-refractivity contribution in [1.29, 1.82) is 0 Å². The van der Waals surface area contributed by atoms with E-state index in [1.165, 1.54) is 33.6 Å². The summed E-state index contributed by atoms with van der Waals surface area (Å²) in [5.74, 6) is 2.26. The smallest absolute Gasteiger partial charge is 0.379 e. The van der Waals surface area contributed by atoms with Crippen LogP contribution >= 0.6 is 0 Å². The van der Waals surface area contributed by atoms with E-state index in [2.05, 4.69) is 203 Å². The first-order chi connectivity index (χ1) is 25.5. The minimum Gasteiger partial charge on any atom is -0.438 e. The molecule has 7 aromatic rings. The Morgan fingerprint density at radius 3 is 1.70 bits per heavy atom. The fraction of sp³-hybridized carbons (Fsp3) is 0.170. The molecule has 6 aromatic carbocycles. The SMILES string of the molecule is C[N+](C)(C)c1ccc(CN2C(=Cc3oc4ccc(-c5ccccc5)cc4[n+]3Cc3ccc([N+](C)(C)C)cc3)Oc3ccc(-c4ccccc4)cc32)cc1. The molecule has 53 heavy (non-hydrogen) atoms. The van der Waals surface area contributed by atoms with Crippen molar-refractivity contribution in [2.45, 2.75) is 13.1 Å². The second-order valence-corrected chi connectivity index (χ2v) is 15.7. The Morgan fingerprint density at radius 2 is 1.11 bits per heavy atom. The lowest BCUT2D eigenvalue weighted by Crippen LogP contribution is -2.37. The zero-order chi connectivity index (χ0) is 36.7. The number of hydrogen-bond donors (Lipinski definition) is 0. The second kappa shape index (κ2) is 13.6. The van der Waals surface area contributed by atoms with E-state index in [0.717, 1.165) is 54.4 Å². The topological polar surface area (TPSA) is 29.5 Å². The Labute approximate surface area is 312 Å². The predicted molar refractivity (Wildman–Crippen MR) is 220 cm³/mol. The van der Waals surface area contributed by atoms with E-state index in [9.17, 15) is 0 Å². The van der Waals surface area contributed by atoms with Crippen LogP contribution in [0, 0.1) is 0 Å². The Hall–Kier alpha value is -5.95. The molecule has 2 heterocycles. The molecule has 8 rings (SSSR count). The Bertz CT molecular complexity index is 2420. The summed E-state index contributed by atoms with van der Waals surface area (Å²) in [5, 5.41) is 0. The lowest BCUT2D eigenvalue weighted by Gasteiger charge is -2.24. The van der Waals surface area contributed by atoms with Crippen LogP contribution in [0.4, 0.5) is 17.1 Å². The van der Waals surface area contributed by atoms with Gasteiger partial charge in [0.15, 0.2) is 12.3 Å². The summed E-state index contributed by atoms with van der Waals surface area (Å²) in [6.45, 7) is 1.28. The van der Waals surface area contributed by atoms with E-state index in [0.29, 0.717) is 13.1 Å². The van der Waals surface area contributed by atoms with Crippen molar-refractivity contribution in [3.05, 3.63) is 168 Å². The zero-order valence-corrected chi connectivity index (χ0v) is 31.5. The lowest BCUT2D eigenvalue weighted by atomic mass is 10.0. The van der Waals surface area contributed by atoms with Crippen LogP contribution in [0.15, 0.2) is 156 Å². The molecule has 1 aromatic heterocycles. The number of nitrogens with zero attached hydrogens (tertiary/aromatic N) is 4. The molecule has 1 aliphatic heterocycles. The van der Waals surface area contributed by atoms with E-state index in [-0.39, 0.29) is 0 Å². The Kier molecular flexibility index (Phi) is 8.73. The van der Waals surface area contributed by atoms with Gasteiger partial charge in [0.25, 0.3) is 5.52 Å². The minimum atomic E-state index is 0.638. The Balaban J connectivity index is 1.24. The van der Waals surface area contributed by atoms with Gasteiger partial charge in [0, 0.05) is 11.6 Å². The van der Waals surface area contributed by atoms with Gasteiger partial charge in [-0.25, -0.2) is 0 Å². The number of rotatable bonds is 9. The van der Waals surface area contributed by atoms with Gasteiger partial charge in [0.1, 0.15) is 17.5 Å². The molecule has 0 N–H and O–H groups in total. The van der Waals surface area contributed by atoms with Crippen LogP contribution < -0.4 is 23.2 Å². The van der Waals surface area contributed by atoms with E-state index in [4.69, 9.17) is 9.15 Å². The van der Waals surface area contributed by atoms with E-state index in [1.54, 1.807) is 0 Å². The number of aromatic nitrogens is 1. The normalized spacial score (nSPS) is 13.8. The standard InChI is InChI=1S/C47H47N4O2/c1-50(2,3)40-23-17-34(18-24-40)32-48-42-29-38(36-13-9-7-10-14-36)21-27-44(42)52-46(48)31-47-49(33-35-19-25-41(26-20-35)51(4,5)6)43-30-39(22-28-45(43)53-47)37-15-11-8-12-16-37/h7-31H,32-33H2,1-6H3/q+3. The van der Waals surface area contributed by atoms with E-state index < -0.39 is 0 Å². The molecule has 0 unspecified atom stereocenters. The van der Waals surface area contributed by atoms with E-state index in [1.807, 2.05) is 0 Å². The molecule has 0 radical (unpaired) electrons. The average molecular weight is 700 g/mol. The van der Waals surface area contributed by atoms with Gasteiger partial charge in [-0.1, -0.05) is 84.9 Å². The quantitative estimate of drug-likeness (QED) is 0.111. The van der Waals surface area contributed by atoms with Crippen molar-refractivity contribution >= 4 is 34.2 Å². The largest absolute Gasteiger partial charge is 0.438 e. The highest BCUT2D eigenvalue weighted by molar-refractivity contribution is 5.80. The number of quaternary nitrogens is 2. The number of oxazole rings is 1. The maximum atomic E-state index is 6.72. The van der Waals surface area contributed by atoms with Crippen LogP contribution in [0.25, 0.3) is 39.4 Å². The maximum absolute atomic E-state index is 6.72. The number of fused-ring (bicyclic) bond motifs is 2. The monoisotopic (exact) mass is 699 g/mol. The van der Waals surface area contributed by atoms with Crippen molar-refractivity contribution < 1.29 is 13.7 Å².